The van der Waals surface area contributed by atoms with Crippen LogP contribution in [-0.2, 0) is 18.5 Å². The Morgan fingerprint density at radius 3 is 2.65 bits per heavy atom. The minimum atomic E-state index is -1.13. The van der Waals surface area contributed by atoms with Crippen LogP contribution in [0.15, 0.2) is 18.6 Å². The Morgan fingerprint density at radius 2 is 2.04 bits per heavy atom. The molecule has 0 saturated heterocycles. The van der Waals surface area contributed by atoms with E-state index in [0.717, 1.165) is 23.6 Å². The molecule has 0 fully saturated rings. The van der Waals surface area contributed by atoms with Crippen LogP contribution in [0.25, 0.3) is 22.4 Å². The van der Waals surface area contributed by atoms with Gasteiger partial charge in [-0.2, -0.15) is 5.10 Å². The normalized spacial score (nSPS) is 12.0. The maximum absolute atomic E-state index is 11.5. The van der Waals surface area contributed by atoms with Crippen molar-refractivity contribution in [2.45, 2.75) is 39.3 Å². The standard InChI is InChI=1S/C18H25N5O2Si/c1-13-15(10-22(2)21-13)16-8-19-18-17(20-16)14(11-24)9-23(18)12-25-6-7-26(3,4)5/h8-11H,6-7,12H2,1-5H3. The Kier molecular flexibility index (Phi) is 5.06. The summed E-state index contributed by atoms with van der Waals surface area (Å²) < 4.78 is 9.39. The number of aryl methyl sites for hydroxylation is 2. The maximum atomic E-state index is 11.5. The fraction of sp³-hybridized carbons (Fsp3) is 0.444. The minimum absolute atomic E-state index is 0.370. The summed E-state index contributed by atoms with van der Waals surface area (Å²) >= 11 is 0. The van der Waals surface area contributed by atoms with Crippen molar-refractivity contribution in [1.29, 1.82) is 0 Å². The fourth-order valence-electron chi connectivity index (χ4n) is 2.78. The first kappa shape index (κ1) is 18.5. The Morgan fingerprint density at radius 1 is 1.27 bits per heavy atom. The van der Waals surface area contributed by atoms with Gasteiger partial charge >= 0.3 is 0 Å². The van der Waals surface area contributed by atoms with Crippen LogP contribution >= 0.6 is 0 Å². The molecule has 3 aromatic rings. The lowest BCUT2D eigenvalue weighted by Crippen LogP contribution is -2.22. The van der Waals surface area contributed by atoms with Crippen LogP contribution < -0.4 is 0 Å². The van der Waals surface area contributed by atoms with Gasteiger partial charge in [0, 0.05) is 39.7 Å². The van der Waals surface area contributed by atoms with Crippen LogP contribution in [0.5, 0.6) is 0 Å². The first-order valence-corrected chi connectivity index (χ1v) is 12.4. The number of hydrogen-bond acceptors (Lipinski definition) is 5. The van der Waals surface area contributed by atoms with E-state index in [1.165, 1.54) is 0 Å². The number of nitrogens with zero attached hydrogens (tertiary/aromatic N) is 5. The van der Waals surface area contributed by atoms with Crippen molar-refractivity contribution < 1.29 is 9.53 Å². The van der Waals surface area contributed by atoms with E-state index in [9.17, 15) is 4.79 Å². The van der Waals surface area contributed by atoms with Crippen molar-refractivity contribution in [3.63, 3.8) is 0 Å². The van der Waals surface area contributed by atoms with E-state index in [4.69, 9.17) is 4.74 Å². The van der Waals surface area contributed by atoms with Crippen LogP contribution in [0.3, 0.4) is 0 Å². The van der Waals surface area contributed by atoms with Crippen molar-refractivity contribution in [1.82, 2.24) is 24.3 Å². The summed E-state index contributed by atoms with van der Waals surface area (Å²) in [7, 11) is 0.743. The quantitative estimate of drug-likeness (QED) is 0.362. The summed E-state index contributed by atoms with van der Waals surface area (Å²) in [6.07, 6.45) is 6.20. The van der Waals surface area contributed by atoms with Crippen molar-refractivity contribution in [2.75, 3.05) is 6.61 Å². The molecule has 3 rings (SSSR count). The molecule has 0 saturated carbocycles. The summed E-state index contributed by atoms with van der Waals surface area (Å²) in [5.41, 5.74) is 4.27. The van der Waals surface area contributed by atoms with Gasteiger partial charge in [-0.25, -0.2) is 9.97 Å². The van der Waals surface area contributed by atoms with Gasteiger partial charge < -0.3 is 9.30 Å². The third-order valence-electron chi connectivity index (χ3n) is 4.24. The molecule has 138 valence electrons. The van der Waals surface area contributed by atoms with Gasteiger partial charge in [-0.15, -0.1) is 0 Å². The first-order valence-electron chi connectivity index (χ1n) is 8.68. The largest absolute Gasteiger partial charge is 0.361 e. The second kappa shape index (κ2) is 7.12. The molecule has 0 amide bonds. The number of ether oxygens (including phenoxy) is 1. The monoisotopic (exact) mass is 371 g/mol. The molecule has 26 heavy (non-hydrogen) atoms. The first-order chi connectivity index (χ1) is 12.3. The average Bonchev–Trinajstić information content (AvgIpc) is 3.09. The van der Waals surface area contributed by atoms with Gasteiger partial charge in [0.15, 0.2) is 11.9 Å². The summed E-state index contributed by atoms with van der Waals surface area (Å²) in [5, 5.41) is 4.34. The van der Waals surface area contributed by atoms with Gasteiger partial charge in [-0.3, -0.25) is 9.48 Å². The van der Waals surface area contributed by atoms with Crippen molar-refractivity contribution in [3.05, 3.63) is 29.8 Å². The Bertz CT molecular complexity index is 939. The highest BCUT2D eigenvalue weighted by atomic mass is 28.3. The number of carbonyl (C=O) groups is 1. The topological polar surface area (TPSA) is 74.8 Å². The van der Waals surface area contributed by atoms with Crippen molar-refractivity contribution in [2.24, 2.45) is 7.05 Å². The molecular weight excluding hydrogens is 346 g/mol. The number of aromatic nitrogens is 5. The average molecular weight is 372 g/mol. The smallest absolute Gasteiger partial charge is 0.161 e. The SMILES string of the molecule is Cc1nn(C)cc1-c1cnc2c(n1)c(C=O)cn2COCC[Si](C)(C)C. The highest BCUT2D eigenvalue weighted by Crippen LogP contribution is 2.24. The molecule has 0 atom stereocenters. The zero-order chi connectivity index (χ0) is 18.9. The molecular formula is C18H25N5O2Si. The zero-order valence-electron chi connectivity index (χ0n) is 16.0. The van der Waals surface area contributed by atoms with Gasteiger partial charge in [0.2, 0.25) is 0 Å². The molecule has 3 aromatic heterocycles. The van der Waals surface area contributed by atoms with E-state index in [-0.39, 0.29) is 0 Å². The van der Waals surface area contributed by atoms with E-state index in [2.05, 4.69) is 34.7 Å². The second-order valence-electron chi connectivity index (χ2n) is 7.75. The van der Waals surface area contributed by atoms with E-state index in [1.54, 1.807) is 17.1 Å². The number of aldehydes is 1. The molecule has 0 unspecified atom stereocenters. The van der Waals surface area contributed by atoms with Crippen LogP contribution in [0.1, 0.15) is 16.1 Å². The predicted octanol–water partition coefficient (Wildman–Crippen LogP) is 3.27. The molecule has 0 aliphatic carbocycles. The highest BCUT2D eigenvalue weighted by molar-refractivity contribution is 6.76. The highest BCUT2D eigenvalue weighted by Gasteiger charge is 2.16. The van der Waals surface area contributed by atoms with Crippen molar-refractivity contribution >= 4 is 25.5 Å². The third-order valence-corrected chi connectivity index (χ3v) is 5.94. The van der Waals surface area contributed by atoms with Gasteiger partial charge in [0.05, 0.1) is 23.1 Å². The Balaban J connectivity index is 1.88. The molecule has 0 bridgehead atoms. The minimum Gasteiger partial charge on any atom is -0.361 e. The van der Waals surface area contributed by atoms with Crippen LogP contribution in [0.4, 0.5) is 0 Å². The Labute approximate surface area is 154 Å². The maximum Gasteiger partial charge on any atom is 0.161 e. The van der Waals surface area contributed by atoms with Gasteiger partial charge in [-0.05, 0) is 13.0 Å². The number of hydrogen-bond donors (Lipinski definition) is 0. The molecule has 8 heteroatoms. The molecule has 0 spiro atoms. The molecule has 0 N–H and O–H groups in total. The summed E-state index contributed by atoms with van der Waals surface area (Å²) in [5.74, 6) is 0. The Hall–Kier alpha value is -2.32. The van der Waals surface area contributed by atoms with E-state index < -0.39 is 8.07 Å². The zero-order valence-corrected chi connectivity index (χ0v) is 17.0. The molecule has 0 aliphatic heterocycles. The van der Waals surface area contributed by atoms with Crippen LogP contribution in [-0.4, -0.2) is 45.3 Å². The van der Waals surface area contributed by atoms with E-state index >= 15 is 0 Å². The van der Waals surface area contributed by atoms with E-state index in [0.29, 0.717) is 35.8 Å². The predicted molar refractivity (Wildman–Crippen MR) is 104 cm³/mol. The third kappa shape index (κ3) is 3.91. The second-order valence-corrected chi connectivity index (χ2v) is 13.4. The van der Waals surface area contributed by atoms with Crippen molar-refractivity contribution in [3.8, 4) is 11.3 Å². The summed E-state index contributed by atoms with van der Waals surface area (Å²) in [4.78, 5) is 20.7. The molecule has 3 heterocycles. The molecule has 0 aromatic carbocycles. The van der Waals surface area contributed by atoms with Gasteiger partial charge in [-0.1, -0.05) is 19.6 Å². The van der Waals surface area contributed by atoms with Gasteiger partial charge in [0.25, 0.3) is 0 Å². The lowest BCUT2D eigenvalue weighted by molar-refractivity contribution is 0.0897. The van der Waals surface area contributed by atoms with Gasteiger partial charge in [0.1, 0.15) is 12.2 Å². The number of rotatable bonds is 7. The molecule has 7 nitrogen and oxygen atoms in total. The molecule has 0 aliphatic rings. The summed E-state index contributed by atoms with van der Waals surface area (Å²) in [6.45, 7) is 9.97. The fourth-order valence-corrected chi connectivity index (χ4v) is 3.54. The summed E-state index contributed by atoms with van der Waals surface area (Å²) in [6, 6.07) is 1.10. The van der Waals surface area contributed by atoms with Crippen LogP contribution in [0.2, 0.25) is 25.7 Å². The number of fused-ring (bicyclic) bond motifs is 1. The lowest BCUT2D eigenvalue weighted by Gasteiger charge is -2.15. The molecule has 0 radical (unpaired) electrons. The van der Waals surface area contributed by atoms with Crippen LogP contribution in [0, 0.1) is 6.92 Å². The number of carbonyl (C=O) groups excluding carboxylic acids is 1. The lowest BCUT2D eigenvalue weighted by atomic mass is 10.2. The van der Waals surface area contributed by atoms with E-state index in [1.807, 2.05) is 24.7 Å².